The Hall–Kier alpha value is -1.85. The van der Waals surface area contributed by atoms with Crippen LogP contribution in [0.5, 0.6) is 0 Å². The van der Waals surface area contributed by atoms with Crippen molar-refractivity contribution in [3.8, 4) is 0 Å². The highest BCUT2D eigenvalue weighted by Crippen LogP contribution is 2.21. The van der Waals surface area contributed by atoms with E-state index in [0.29, 0.717) is 5.02 Å². The second-order valence-electron chi connectivity index (χ2n) is 7.16. The molecule has 0 aliphatic carbocycles. The number of nitrogens with zero attached hydrogens (tertiary/aromatic N) is 4. The van der Waals surface area contributed by atoms with Crippen LogP contribution < -0.4 is 0 Å². The lowest BCUT2D eigenvalue weighted by Gasteiger charge is -2.38. The smallest absolute Gasteiger partial charge is 0.250 e. The number of hydrogen-bond acceptors (Lipinski definition) is 3. The molecule has 5 nitrogen and oxygen atoms in total. The van der Waals surface area contributed by atoms with Gasteiger partial charge in [0.15, 0.2) is 0 Å². The van der Waals surface area contributed by atoms with Crippen molar-refractivity contribution in [1.82, 2.24) is 19.6 Å². The summed E-state index contributed by atoms with van der Waals surface area (Å²) in [5.74, 6) is 0.0859. The van der Waals surface area contributed by atoms with Crippen molar-refractivity contribution in [2.75, 3.05) is 26.2 Å². The third-order valence-electron chi connectivity index (χ3n) is 4.96. The molecule has 2 aromatic rings. The standard InChI is InChI=1S/C19H25ClN4O/c1-15-6-4-5-7-16(15)13-22-8-10-23(11-9-22)18(25)19(2,3)24-14-17(20)12-21-24/h4-7,12,14H,8-11,13H2,1-3H3. The molecule has 25 heavy (non-hydrogen) atoms. The SMILES string of the molecule is Cc1ccccc1CN1CCN(C(=O)C(C)(C)n2cc(Cl)cn2)CC1. The minimum absolute atomic E-state index is 0.0859. The topological polar surface area (TPSA) is 41.4 Å². The Kier molecular flexibility index (Phi) is 5.16. The summed E-state index contributed by atoms with van der Waals surface area (Å²) >= 11 is 5.95. The van der Waals surface area contributed by atoms with Crippen LogP contribution in [0.25, 0.3) is 0 Å². The van der Waals surface area contributed by atoms with Gasteiger partial charge in [-0.15, -0.1) is 0 Å². The molecule has 1 aromatic heterocycles. The largest absolute Gasteiger partial charge is 0.338 e. The molecular formula is C19H25ClN4O. The number of rotatable bonds is 4. The maximum absolute atomic E-state index is 13.0. The van der Waals surface area contributed by atoms with Gasteiger partial charge in [-0.25, -0.2) is 0 Å². The molecule has 1 fully saturated rings. The van der Waals surface area contributed by atoms with Crippen LogP contribution in [0.15, 0.2) is 36.7 Å². The monoisotopic (exact) mass is 360 g/mol. The number of aromatic nitrogens is 2. The van der Waals surface area contributed by atoms with Crippen LogP contribution in [0.1, 0.15) is 25.0 Å². The van der Waals surface area contributed by atoms with E-state index in [1.54, 1.807) is 17.1 Å². The van der Waals surface area contributed by atoms with Crippen molar-refractivity contribution < 1.29 is 4.79 Å². The first-order valence-corrected chi connectivity index (χ1v) is 9.02. The first kappa shape index (κ1) is 18.0. The van der Waals surface area contributed by atoms with Gasteiger partial charge < -0.3 is 4.90 Å². The quantitative estimate of drug-likeness (QED) is 0.841. The molecule has 3 rings (SSSR count). The fourth-order valence-corrected chi connectivity index (χ4v) is 3.37. The number of amides is 1. The van der Waals surface area contributed by atoms with Gasteiger partial charge in [-0.1, -0.05) is 35.9 Å². The molecule has 1 aromatic carbocycles. The Labute approximate surface area is 154 Å². The maximum Gasteiger partial charge on any atom is 0.250 e. The number of hydrogen-bond donors (Lipinski definition) is 0. The van der Waals surface area contributed by atoms with Gasteiger partial charge in [0.2, 0.25) is 5.91 Å². The third kappa shape index (κ3) is 3.88. The van der Waals surface area contributed by atoms with Gasteiger partial charge in [0.25, 0.3) is 0 Å². The normalized spacial score (nSPS) is 16.2. The highest BCUT2D eigenvalue weighted by Gasteiger charge is 2.36. The average Bonchev–Trinajstić information content (AvgIpc) is 3.04. The number of piperazine rings is 1. The first-order valence-electron chi connectivity index (χ1n) is 8.65. The van der Waals surface area contributed by atoms with Crippen LogP contribution in [0.4, 0.5) is 0 Å². The van der Waals surface area contributed by atoms with Crippen molar-refractivity contribution in [3.05, 3.63) is 52.8 Å². The minimum atomic E-state index is -0.731. The third-order valence-corrected chi connectivity index (χ3v) is 5.16. The summed E-state index contributed by atoms with van der Waals surface area (Å²) in [4.78, 5) is 17.3. The zero-order chi connectivity index (χ0) is 18.0. The summed E-state index contributed by atoms with van der Waals surface area (Å²) in [6, 6.07) is 8.48. The summed E-state index contributed by atoms with van der Waals surface area (Å²) in [5.41, 5.74) is 1.94. The van der Waals surface area contributed by atoms with Crippen LogP contribution in [0.3, 0.4) is 0 Å². The molecule has 1 amide bonds. The zero-order valence-corrected chi connectivity index (χ0v) is 15.8. The molecule has 134 valence electrons. The van der Waals surface area contributed by atoms with Crippen LogP contribution in [0, 0.1) is 6.92 Å². The Morgan fingerprint density at radius 2 is 1.88 bits per heavy atom. The van der Waals surface area contributed by atoms with E-state index >= 15 is 0 Å². The van der Waals surface area contributed by atoms with E-state index in [1.165, 1.54) is 11.1 Å². The molecule has 0 spiro atoms. The summed E-state index contributed by atoms with van der Waals surface area (Å²) in [6.45, 7) is 10.1. The van der Waals surface area contributed by atoms with Crippen LogP contribution in [-0.2, 0) is 16.9 Å². The highest BCUT2D eigenvalue weighted by molar-refractivity contribution is 6.30. The van der Waals surface area contributed by atoms with E-state index in [2.05, 4.69) is 41.2 Å². The maximum atomic E-state index is 13.0. The van der Waals surface area contributed by atoms with Crippen molar-refractivity contribution in [2.45, 2.75) is 32.9 Å². The fourth-order valence-electron chi connectivity index (χ4n) is 3.23. The van der Waals surface area contributed by atoms with Gasteiger partial charge in [0.05, 0.1) is 11.2 Å². The summed E-state index contributed by atoms with van der Waals surface area (Å²) in [5, 5.41) is 4.76. The number of carbonyl (C=O) groups is 1. The zero-order valence-electron chi connectivity index (χ0n) is 15.1. The van der Waals surface area contributed by atoms with E-state index in [0.717, 1.165) is 32.7 Å². The van der Waals surface area contributed by atoms with Gasteiger partial charge in [-0.05, 0) is 31.9 Å². The van der Waals surface area contributed by atoms with E-state index in [1.807, 2.05) is 18.7 Å². The fraction of sp³-hybridized carbons (Fsp3) is 0.474. The number of carbonyl (C=O) groups excluding carboxylic acids is 1. The van der Waals surface area contributed by atoms with Crippen LogP contribution >= 0.6 is 11.6 Å². The highest BCUT2D eigenvalue weighted by atomic mass is 35.5. The average molecular weight is 361 g/mol. The molecule has 6 heteroatoms. The van der Waals surface area contributed by atoms with Crippen molar-refractivity contribution in [1.29, 1.82) is 0 Å². The Balaban J connectivity index is 1.60. The van der Waals surface area contributed by atoms with Gasteiger partial charge in [-0.2, -0.15) is 5.10 Å². The predicted octanol–water partition coefficient (Wildman–Crippen LogP) is 2.92. The number of aryl methyl sites for hydroxylation is 1. The number of benzene rings is 1. The second kappa shape index (κ2) is 7.18. The molecule has 0 radical (unpaired) electrons. The van der Waals surface area contributed by atoms with Crippen molar-refractivity contribution >= 4 is 17.5 Å². The molecule has 0 atom stereocenters. The van der Waals surface area contributed by atoms with Crippen LogP contribution in [-0.4, -0.2) is 51.7 Å². The molecule has 0 saturated carbocycles. The molecule has 1 aliphatic rings. The van der Waals surface area contributed by atoms with E-state index in [4.69, 9.17) is 11.6 Å². The molecule has 0 N–H and O–H groups in total. The van der Waals surface area contributed by atoms with E-state index in [9.17, 15) is 4.79 Å². The summed E-state index contributed by atoms with van der Waals surface area (Å²) in [6.07, 6.45) is 3.27. The van der Waals surface area contributed by atoms with E-state index < -0.39 is 5.54 Å². The molecule has 2 heterocycles. The van der Waals surface area contributed by atoms with Gasteiger partial charge in [-0.3, -0.25) is 14.4 Å². The lowest BCUT2D eigenvalue weighted by molar-refractivity contribution is -0.141. The number of halogens is 1. The molecular weight excluding hydrogens is 336 g/mol. The molecule has 1 saturated heterocycles. The van der Waals surface area contributed by atoms with Gasteiger partial charge in [0.1, 0.15) is 5.54 Å². The van der Waals surface area contributed by atoms with E-state index in [-0.39, 0.29) is 5.91 Å². The van der Waals surface area contributed by atoms with Crippen molar-refractivity contribution in [3.63, 3.8) is 0 Å². The Morgan fingerprint density at radius 3 is 2.48 bits per heavy atom. The second-order valence-corrected chi connectivity index (χ2v) is 7.59. The molecule has 1 aliphatic heterocycles. The lowest BCUT2D eigenvalue weighted by atomic mass is 10.0. The summed E-state index contributed by atoms with van der Waals surface area (Å²) in [7, 11) is 0. The summed E-state index contributed by atoms with van der Waals surface area (Å²) < 4.78 is 1.65. The minimum Gasteiger partial charge on any atom is -0.338 e. The van der Waals surface area contributed by atoms with Crippen LogP contribution in [0.2, 0.25) is 5.02 Å². The predicted molar refractivity (Wildman–Crippen MR) is 99.6 cm³/mol. The van der Waals surface area contributed by atoms with Crippen molar-refractivity contribution in [2.24, 2.45) is 0 Å². The first-order chi connectivity index (χ1) is 11.9. The van der Waals surface area contributed by atoms with Gasteiger partial charge in [0, 0.05) is 38.9 Å². The molecule has 0 unspecified atom stereocenters. The van der Waals surface area contributed by atoms with Gasteiger partial charge >= 0.3 is 0 Å². The Bertz CT molecular complexity index is 747. The lowest BCUT2D eigenvalue weighted by Crippen LogP contribution is -2.54. The molecule has 0 bridgehead atoms. The Morgan fingerprint density at radius 1 is 1.20 bits per heavy atom.